The molecule has 3 atom stereocenters. The molecule has 2 aromatic rings. The molecule has 0 saturated carbocycles. The molecule has 2 amide bonds. The van der Waals surface area contributed by atoms with Crippen molar-refractivity contribution in [2.45, 2.75) is 58.0 Å². The molecular weight excluding hydrogens is 549 g/mol. The van der Waals surface area contributed by atoms with Crippen LogP contribution in [0.4, 0.5) is 20.6 Å². The van der Waals surface area contributed by atoms with Crippen LogP contribution in [0.5, 0.6) is 0 Å². The number of nitrogens with zero attached hydrogens (tertiary/aromatic N) is 3. The topological polar surface area (TPSA) is 117 Å². The minimum atomic E-state index is -2.16. The van der Waals surface area contributed by atoms with Gasteiger partial charge in [0.05, 0.1) is 29.7 Å². The highest BCUT2D eigenvalue weighted by molar-refractivity contribution is 9.10. The molecule has 1 saturated heterocycles. The van der Waals surface area contributed by atoms with Crippen molar-refractivity contribution in [3.63, 3.8) is 0 Å². The monoisotopic (exact) mass is 581 g/mol. The van der Waals surface area contributed by atoms with Gasteiger partial charge in [0.15, 0.2) is 14.1 Å². The zero-order valence-corrected chi connectivity index (χ0v) is 23.9. The van der Waals surface area contributed by atoms with E-state index in [0.717, 1.165) is 6.07 Å². The quantitative estimate of drug-likeness (QED) is 0.320. The molecular formula is C24H33BrFN5O4Si. The first-order valence-corrected chi connectivity index (χ1v) is 15.4. The fraction of sp³-hybridized carbons (Fsp3) is 0.500. The van der Waals surface area contributed by atoms with E-state index in [2.05, 4.69) is 70.4 Å². The third-order valence-electron chi connectivity index (χ3n) is 6.85. The number of rotatable bonds is 6. The summed E-state index contributed by atoms with van der Waals surface area (Å²) in [5.74, 6) is -1.09. The van der Waals surface area contributed by atoms with Gasteiger partial charge in [-0.25, -0.2) is 14.2 Å². The van der Waals surface area contributed by atoms with Gasteiger partial charge in [0.25, 0.3) is 5.91 Å². The third-order valence-corrected chi connectivity index (χ3v) is 11.9. The zero-order valence-electron chi connectivity index (χ0n) is 21.3. The normalized spacial score (nSPS) is 20.7. The van der Waals surface area contributed by atoms with Gasteiger partial charge in [0.2, 0.25) is 0 Å². The van der Waals surface area contributed by atoms with Crippen molar-refractivity contribution < 1.29 is 23.5 Å². The fourth-order valence-electron chi connectivity index (χ4n) is 3.95. The predicted octanol–water partition coefficient (Wildman–Crippen LogP) is 5.11. The number of hydrogen-bond acceptors (Lipinski definition) is 6. The molecule has 12 heteroatoms. The smallest absolute Gasteiger partial charge is 0.405 e. The van der Waals surface area contributed by atoms with Gasteiger partial charge in [0.1, 0.15) is 10.3 Å². The molecule has 0 radical (unpaired) electrons. The van der Waals surface area contributed by atoms with E-state index in [1.54, 1.807) is 12.3 Å². The number of hydrogen-bond donors (Lipinski definition) is 3. The fourth-order valence-corrected chi connectivity index (χ4v) is 5.71. The molecule has 0 unspecified atom stereocenters. The van der Waals surface area contributed by atoms with Crippen molar-refractivity contribution in [3.8, 4) is 0 Å². The highest BCUT2D eigenvalue weighted by atomic mass is 79.9. The summed E-state index contributed by atoms with van der Waals surface area (Å²) in [4.78, 5) is 34.6. The van der Waals surface area contributed by atoms with Gasteiger partial charge in [-0.05, 0) is 52.3 Å². The largest absolute Gasteiger partial charge is 0.465 e. The Labute approximate surface area is 220 Å². The van der Waals surface area contributed by atoms with Crippen LogP contribution in [0.2, 0.25) is 18.1 Å². The second-order valence-corrected chi connectivity index (χ2v) is 16.1. The number of amides is 2. The number of carbonyl (C=O) groups is 2. The van der Waals surface area contributed by atoms with Crippen molar-refractivity contribution in [2.75, 3.05) is 23.3 Å². The maximum Gasteiger partial charge on any atom is 0.405 e. The molecule has 9 nitrogen and oxygen atoms in total. The van der Waals surface area contributed by atoms with Crippen molar-refractivity contribution in [1.29, 1.82) is 0 Å². The average molecular weight is 583 g/mol. The Morgan fingerprint density at radius 1 is 1.25 bits per heavy atom. The summed E-state index contributed by atoms with van der Waals surface area (Å²) in [5.41, 5.74) is 1.17. The Balaban J connectivity index is 1.86. The first-order chi connectivity index (χ1) is 16.7. The maximum absolute atomic E-state index is 13.5. The number of carbonyl (C=O) groups excluding carboxylic acids is 1. The van der Waals surface area contributed by atoms with E-state index in [1.807, 2.05) is 11.8 Å². The number of nitrogens with one attached hydrogen (secondary N) is 2. The number of piperidine rings is 1. The molecule has 3 N–H and O–H groups in total. The molecule has 36 heavy (non-hydrogen) atoms. The van der Waals surface area contributed by atoms with Gasteiger partial charge >= 0.3 is 6.09 Å². The summed E-state index contributed by atoms with van der Waals surface area (Å²) in [5, 5.41) is 15.0. The average Bonchev–Trinajstić information content (AvgIpc) is 2.77. The van der Waals surface area contributed by atoms with Crippen LogP contribution in [0, 0.1) is 11.7 Å². The number of pyridine rings is 2. The first-order valence-electron chi connectivity index (χ1n) is 11.7. The van der Waals surface area contributed by atoms with Crippen LogP contribution in [-0.4, -0.2) is 60.6 Å². The molecule has 1 fully saturated rings. The van der Waals surface area contributed by atoms with Gasteiger partial charge in [-0.2, -0.15) is 0 Å². The van der Waals surface area contributed by atoms with Crippen molar-refractivity contribution in [2.24, 2.45) is 5.92 Å². The second kappa shape index (κ2) is 10.8. The summed E-state index contributed by atoms with van der Waals surface area (Å²) in [7, 11) is -2.16. The van der Waals surface area contributed by atoms with Gasteiger partial charge in [-0.15, -0.1) is 0 Å². The lowest BCUT2D eigenvalue weighted by Gasteiger charge is -2.48. The van der Waals surface area contributed by atoms with E-state index >= 15 is 0 Å². The molecule has 3 rings (SSSR count). The maximum atomic E-state index is 13.5. The summed E-state index contributed by atoms with van der Waals surface area (Å²) in [6.07, 6.45) is 1.72. The standard InChI is InChI=1S/C24H33BrFN5O4Si/c1-14-12-31(13-18(30-23(33)34)20(14)35-36(5,6)24(2,3)4)19-9-10-27-11-17(19)29-22(32)16-8-7-15(26)21(25)28-16/h7-11,14,18,20,30H,12-13H2,1-6H3,(H,29,32)(H,33,34)/t14-,18+,20+/m0/s1. The highest BCUT2D eigenvalue weighted by Crippen LogP contribution is 2.40. The third kappa shape index (κ3) is 6.40. The number of carboxylic acid groups (broad SMARTS) is 1. The molecule has 196 valence electrons. The van der Waals surface area contributed by atoms with Gasteiger partial charge in [-0.3, -0.25) is 9.78 Å². The number of halogens is 2. The zero-order chi connectivity index (χ0) is 26.8. The predicted molar refractivity (Wildman–Crippen MR) is 142 cm³/mol. The van der Waals surface area contributed by atoms with Crippen LogP contribution in [0.15, 0.2) is 35.2 Å². The van der Waals surface area contributed by atoms with E-state index < -0.39 is 32.2 Å². The number of anilines is 2. The lowest BCUT2D eigenvalue weighted by atomic mass is 9.92. The van der Waals surface area contributed by atoms with Crippen LogP contribution >= 0.6 is 15.9 Å². The Bertz CT molecular complexity index is 1130. The summed E-state index contributed by atoms with van der Waals surface area (Å²) in [6, 6.07) is 3.74. The van der Waals surface area contributed by atoms with E-state index in [0.29, 0.717) is 24.5 Å². The van der Waals surface area contributed by atoms with E-state index in [4.69, 9.17) is 4.43 Å². The van der Waals surface area contributed by atoms with Crippen LogP contribution in [0.25, 0.3) is 0 Å². The lowest BCUT2D eigenvalue weighted by molar-refractivity contribution is 0.0722. The number of aromatic nitrogens is 2. The van der Waals surface area contributed by atoms with Gasteiger partial charge < -0.3 is 25.1 Å². The van der Waals surface area contributed by atoms with Gasteiger partial charge in [0, 0.05) is 25.2 Å². The Hall–Kier alpha value is -2.57. The SMILES string of the molecule is C[C@H]1CN(c2ccncc2NC(=O)c2ccc(F)c(Br)n2)C[C@@H](NC(=O)O)[C@@H]1O[Si](C)(C)C(C)(C)C. The Kier molecular flexibility index (Phi) is 8.41. The molecule has 0 spiro atoms. The highest BCUT2D eigenvalue weighted by Gasteiger charge is 2.45. The van der Waals surface area contributed by atoms with Crippen LogP contribution in [-0.2, 0) is 4.43 Å². The van der Waals surface area contributed by atoms with Crippen LogP contribution in [0.3, 0.4) is 0 Å². The van der Waals surface area contributed by atoms with Crippen LogP contribution < -0.4 is 15.5 Å². The molecule has 0 aliphatic carbocycles. The second-order valence-electron chi connectivity index (χ2n) is 10.6. The molecule has 1 aliphatic heterocycles. The Morgan fingerprint density at radius 3 is 2.56 bits per heavy atom. The minimum Gasteiger partial charge on any atom is -0.465 e. The molecule has 2 aromatic heterocycles. The van der Waals surface area contributed by atoms with E-state index in [9.17, 15) is 19.1 Å². The molecule has 3 heterocycles. The van der Waals surface area contributed by atoms with Crippen LogP contribution in [0.1, 0.15) is 38.2 Å². The summed E-state index contributed by atoms with van der Waals surface area (Å²) in [6.45, 7) is 13.7. The summed E-state index contributed by atoms with van der Waals surface area (Å²) >= 11 is 3.00. The molecule has 0 bridgehead atoms. The summed E-state index contributed by atoms with van der Waals surface area (Å²) < 4.78 is 20.2. The van der Waals surface area contributed by atoms with Crippen molar-refractivity contribution in [1.82, 2.24) is 15.3 Å². The van der Waals surface area contributed by atoms with Crippen molar-refractivity contribution in [3.05, 3.63) is 46.7 Å². The van der Waals surface area contributed by atoms with Gasteiger partial charge in [-0.1, -0.05) is 27.7 Å². The first kappa shape index (κ1) is 28.0. The minimum absolute atomic E-state index is 0.00355. The Morgan fingerprint density at radius 2 is 1.94 bits per heavy atom. The molecule has 1 aliphatic rings. The van der Waals surface area contributed by atoms with E-state index in [-0.39, 0.29) is 27.4 Å². The molecule has 0 aromatic carbocycles. The van der Waals surface area contributed by atoms with E-state index in [1.165, 1.54) is 12.3 Å². The lowest BCUT2D eigenvalue weighted by Crippen LogP contribution is -2.62. The van der Waals surface area contributed by atoms with Crippen molar-refractivity contribution >= 4 is 47.6 Å².